The Bertz CT molecular complexity index is 564. The standard InChI is InChI=1S/C18H21NO2/c1-14(19-13-12-18(20)21-2)15-8-10-17(11-9-15)16-6-4-3-5-7-16/h3-11,14,19H,12-13H2,1-2H3. The molecule has 21 heavy (non-hydrogen) atoms. The second-order valence-corrected chi connectivity index (χ2v) is 4.99. The topological polar surface area (TPSA) is 38.3 Å². The van der Waals surface area contributed by atoms with Gasteiger partial charge in [0.25, 0.3) is 0 Å². The van der Waals surface area contributed by atoms with E-state index in [1.807, 2.05) is 18.2 Å². The molecule has 0 fully saturated rings. The molecule has 3 heteroatoms. The smallest absolute Gasteiger partial charge is 0.306 e. The number of ether oxygens (including phenoxy) is 1. The van der Waals surface area contributed by atoms with Gasteiger partial charge in [-0.15, -0.1) is 0 Å². The van der Waals surface area contributed by atoms with E-state index >= 15 is 0 Å². The number of rotatable bonds is 6. The van der Waals surface area contributed by atoms with Crippen LogP contribution in [0.4, 0.5) is 0 Å². The van der Waals surface area contributed by atoms with Crippen LogP contribution in [0, 0.1) is 0 Å². The molecule has 0 aliphatic carbocycles. The van der Waals surface area contributed by atoms with Crippen LogP contribution in [0.25, 0.3) is 11.1 Å². The van der Waals surface area contributed by atoms with Crippen molar-refractivity contribution < 1.29 is 9.53 Å². The van der Waals surface area contributed by atoms with Gasteiger partial charge in [0.1, 0.15) is 0 Å². The third kappa shape index (κ3) is 4.43. The van der Waals surface area contributed by atoms with Gasteiger partial charge >= 0.3 is 5.97 Å². The van der Waals surface area contributed by atoms with Gasteiger partial charge in [0, 0.05) is 12.6 Å². The quantitative estimate of drug-likeness (QED) is 0.824. The summed E-state index contributed by atoms with van der Waals surface area (Å²) in [4.78, 5) is 11.1. The first-order valence-electron chi connectivity index (χ1n) is 7.16. The highest BCUT2D eigenvalue weighted by atomic mass is 16.5. The molecule has 0 saturated heterocycles. The van der Waals surface area contributed by atoms with Gasteiger partial charge in [-0.3, -0.25) is 4.79 Å². The second kappa shape index (κ2) is 7.60. The normalized spacial score (nSPS) is 11.9. The van der Waals surface area contributed by atoms with E-state index in [1.165, 1.54) is 23.8 Å². The van der Waals surface area contributed by atoms with Gasteiger partial charge in [0.2, 0.25) is 0 Å². The third-order valence-corrected chi connectivity index (χ3v) is 3.53. The summed E-state index contributed by atoms with van der Waals surface area (Å²) in [7, 11) is 1.41. The lowest BCUT2D eigenvalue weighted by Gasteiger charge is -2.14. The first-order valence-corrected chi connectivity index (χ1v) is 7.16. The zero-order valence-electron chi connectivity index (χ0n) is 12.5. The number of benzene rings is 2. The predicted octanol–water partition coefficient (Wildman–Crippen LogP) is 3.57. The SMILES string of the molecule is COC(=O)CCNC(C)c1ccc(-c2ccccc2)cc1. The summed E-state index contributed by atoms with van der Waals surface area (Å²) >= 11 is 0. The molecule has 1 N–H and O–H groups in total. The Morgan fingerprint density at radius 1 is 1.05 bits per heavy atom. The number of hydrogen-bond donors (Lipinski definition) is 1. The molecular formula is C18H21NO2. The number of methoxy groups -OCH3 is 1. The maximum absolute atomic E-state index is 11.1. The summed E-state index contributed by atoms with van der Waals surface area (Å²) in [6.45, 7) is 2.71. The molecule has 0 aromatic heterocycles. The van der Waals surface area contributed by atoms with Crippen molar-refractivity contribution in [2.24, 2.45) is 0 Å². The molecule has 1 unspecified atom stereocenters. The largest absolute Gasteiger partial charge is 0.469 e. The second-order valence-electron chi connectivity index (χ2n) is 4.99. The van der Waals surface area contributed by atoms with Crippen LogP contribution >= 0.6 is 0 Å². The number of carbonyl (C=O) groups is 1. The molecule has 0 bridgehead atoms. The molecule has 0 heterocycles. The van der Waals surface area contributed by atoms with Crippen molar-refractivity contribution in [1.82, 2.24) is 5.32 Å². The minimum absolute atomic E-state index is 0.186. The lowest BCUT2D eigenvalue weighted by Crippen LogP contribution is -2.22. The summed E-state index contributed by atoms with van der Waals surface area (Å²) in [6, 6.07) is 19.0. The van der Waals surface area contributed by atoms with Gasteiger partial charge in [-0.25, -0.2) is 0 Å². The lowest BCUT2D eigenvalue weighted by atomic mass is 10.0. The molecule has 110 valence electrons. The van der Waals surface area contributed by atoms with Crippen LogP contribution < -0.4 is 5.32 Å². The summed E-state index contributed by atoms with van der Waals surface area (Å²) in [5.74, 6) is -0.186. The van der Waals surface area contributed by atoms with E-state index in [2.05, 4.69) is 53.4 Å². The van der Waals surface area contributed by atoms with Crippen molar-refractivity contribution in [2.75, 3.05) is 13.7 Å². The Kier molecular flexibility index (Phi) is 5.52. The Morgan fingerprint density at radius 2 is 1.67 bits per heavy atom. The summed E-state index contributed by atoms with van der Waals surface area (Å²) in [5.41, 5.74) is 3.64. The molecular weight excluding hydrogens is 262 g/mol. The Morgan fingerprint density at radius 3 is 2.29 bits per heavy atom. The fraction of sp³-hybridized carbons (Fsp3) is 0.278. The maximum atomic E-state index is 11.1. The molecule has 0 aliphatic heterocycles. The van der Waals surface area contributed by atoms with Crippen LogP contribution in [0.3, 0.4) is 0 Å². The summed E-state index contributed by atoms with van der Waals surface area (Å²) in [6.07, 6.45) is 0.392. The van der Waals surface area contributed by atoms with E-state index in [1.54, 1.807) is 0 Å². The monoisotopic (exact) mass is 283 g/mol. The maximum Gasteiger partial charge on any atom is 0.306 e. The fourth-order valence-corrected chi connectivity index (χ4v) is 2.21. The van der Waals surface area contributed by atoms with E-state index in [0.29, 0.717) is 13.0 Å². The highest BCUT2D eigenvalue weighted by molar-refractivity contribution is 5.69. The molecule has 3 nitrogen and oxygen atoms in total. The molecule has 2 aromatic carbocycles. The number of hydrogen-bond acceptors (Lipinski definition) is 3. The van der Waals surface area contributed by atoms with Gasteiger partial charge in [-0.1, -0.05) is 54.6 Å². The molecule has 2 rings (SSSR count). The van der Waals surface area contributed by atoms with Crippen molar-refractivity contribution in [3.63, 3.8) is 0 Å². The van der Waals surface area contributed by atoms with E-state index in [0.717, 1.165) is 0 Å². The van der Waals surface area contributed by atoms with Crippen LogP contribution in [0.15, 0.2) is 54.6 Å². The predicted molar refractivity (Wildman–Crippen MR) is 84.9 cm³/mol. The number of carbonyl (C=O) groups excluding carboxylic acids is 1. The van der Waals surface area contributed by atoms with Gasteiger partial charge in [0.05, 0.1) is 13.5 Å². The van der Waals surface area contributed by atoms with Crippen molar-refractivity contribution in [3.8, 4) is 11.1 Å². The zero-order valence-corrected chi connectivity index (χ0v) is 12.5. The molecule has 0 saturated carbocycles. The molecule has 0 radical (unpaired) electrons. The van der Waals surface area contributed by atoms with E-state index in [-0.39, 0.29) is 12.0 Å². The lowest BCUT2D eigenvalue weighted by molar-refractivity contribution is -0.140. The minimum atomic E-state index is -0.186. The first-order chi connectivity index (χ1) is 10.2. The van der Waals surface area contributed by atoms with Crippen LogP contribution in [0.5, 0.6) is 0 Å². The van der Waals surface area contributed by atoms with Gasteiger partial charge < -0.3 is 10.1 Å². The van der Waals surface area contributed by atoms with Crippen molar-refractivity contribution in [1.29, 1.82) is 0 Å². The average molecular weight is 283 g/mol. The highest BCUT2D eigenvalue weighted by Crippen LogP contribution is 2.21. The van der Waals surface area contributed by atoms with E-state index < -0.39 is 0 Å². The van der Waals surface area contributed by atoms with E-state index in [9.17, 15) is 4.79 Å². The molecule has 0 spiro atoms. The molecule has 0 amide bonds. The van der Waals surface area contributed by atoms with Crippen molar-refractivity contribution in [3.05, 3.63) is 60.2 Å². The Balaban J connectivity index is 1.94. The van der Waals surface area contributed by atoms with Crippen molar-refractivity contribution in [2.45, 2.75) is 19.4 Å². The Labute approximate surface area is 126 Å². The molecule has 2 aromatic rings. The van der Waals surface area contributed by atoms with E-state index in [4.69, 9.17) is 0 Å². The Hall–Kier alpha value is -2.13. The van der Waals surface area contributed by atoms with Crippen molar-refractivity contribution >= 4 is 5.97 Å². The average Bonchev–Trinajstić information content (AvgIpc) is 2.55. The zero-order chi connectivity index (χ0) is 15.1. The third-order valence-electron chi connectivity index (χ3n) is 3.53. The highest BCUT2D eigenvalue weighted by Gasteiger charge is 2.06. The van der Waals surface area contributed by atoms with Gasteiger partial charge in [-0.2, -0.15) is 0 Å². The van der Waals surface area contributed by atoms with Gasteiger partial charge in [-0.05, 0) is 23.6 Å². The number of nitrogens with one attached hydrogen (secondary N) is 1. The summed E-state index contributed by atoms with van der Waals surface area (Å²) < 4.78 is 4.62. The minimum Gasteiger partial charge on any atom is -0.469 e. The van der Waals surface area contributed by atoms with Crippen LogP contribution in [0.1, 0.15) is 24.9 Å². The van der Waals surface area contributed by atoms with Crippen LogP contribution in [-0.4, -0.2) is 19.6 Å². The molecule has 0 aliphatic rings. The number of esters is 1. The fourth-order valence-electron chi connectivity index (χ4n) is 2.21. The summed E-state index contributed by atoms with van der Waals surface area (Å²) in [5, 5.41) is 3.32. The first kappa shape index (κ1) is 15.3. The van der Waals surface area contributed by atoms with Gasteiger partial charge in [0.15, 0.2) is 0 Å². The molecule has 1 atom stereocenters. The van der Waals surface area contributed by atoms with Crippen LogP contribution in [0.2, 0.25) is 0 Å². The van der Waals surface area contributed by atoms with Crippen LogP contribution in [-0.2, 0) is 9.53 Å².